The highest BCUT2D eigenvalue weighted by Crippen LogP contribution is 2.35. The molecule has 0 saturated carbocycles. The lowest BCUT2D eigenvalue weighted by Gasteiger charge is -2.20. The number of esters is 1. The van der Waals surface area contributed by atoms with Crippen molar-refractivity contribution in [2.45, 2.75) is 146 Å². The standard InChI is InChI=1S/2C16H18INO3.C16H19NO3.C11H10INO.C11H11NO.C10H9NO.C10H18O5.C10H8O2.C4H8O2.C2H4ClI.2ClH/c1-16(2,3)21-15(19)18-13-8-6-10-5-7-11(20-4)9-12(10)14(13)17;1-16(2,3)21-15(19)18-14-9-11-7-12(20-4)6-5-10(11)8-13(14)17;1-16(2,3)20-15(18)17-13-7-5-11-6-8-14(19-4)10-12(11)9-13;1-14-9-3-2-7-5-10(12)11(13)6-8(7)4-9;1-13-11-5-3-8-2-4-10(12)6-9(8)7-11;11-9-3-1-7-2-4-10(12)6-8(7)5-9;1-9(2,3)14-7(11)13-8(12)15-10(4,5)6;11-9-3-1-7-2-4-10(12)6-8(7)5-9;1-3-6-4(2)5;3-1-2-4;;/h2*5-9H,1-4H3,(H,18,19);5-10H,1-4H3,(H,17,18);2-6H,13H2,1H3;2-7H,12H2,1H3;1-6,12H,11H2;1-6H3;1-6,11-12H;3H2,1-2H3;1-2H2;2*1H. The van der Waals surface area contributed by atoms with E-state index in [0.717, 1.165) is 128 Å². The first-order chi connectivity index (χ1) is 64.6. The van der Waals surface area contributed by atoms with Gasteiger partial charge in [-0.1, -0.05) is 95.4 Å². The van der Waals surface area contributed by atoms with Crippen LogP contribution in [0.3, 0.4) is 0 Å². The molecule has 0 atom stereocenters. The summed E-state index contributed by atoms with van der Waals surface area (Å²) in [6, 6.07) is 74.0. The number of rotatable bonds is 10. The number of amides is 3. The third-order valence-electron chi connectivity index (χ3n) is 17.6. The molecule has 0 saturated heterocycles. The van der Waals surface area contributed by atoms with E-state index in [-0.39, 0.29) is 48.0 Å². The van der Waals surface area contributed by atoms with E-state index in [0.29, 0.717) is 18.0 Å². The van der Waals surface area contributed by atoms with Crippen molar-refractivity contribution in [3.8, 4) is 46.0 Å². The number of phenols is 3. The van der Waals surface area contributed by atoms with Gasteiger partial charge in [-0.05, 0) is 406 Å². The van der Waals surface area contributed by atoms with E-state index in [9.17, 15) is 33.9 Å². The molecular formula is C106H125Cl3I4N6O21. The fourth-order valence-corrected chi connectivity index (χ4v) is 13.6. The first-order valence-electron chi connectivity index (χ1n) is 43.0. The van der Waals surface area contributed by atoms with Crippen LogP contribution in [-0.4, -0.2) is 132 Å². The number of hydrogen-bond donors (Lipinski definition) is 9. The van der Waals surface area contributed by atoms with Gasteiger partial charge in [-0.2, -0.15) is 0 Å². The highest BCUT2D eigenvalue weighted by atomic mass is 127. The van der Waals surface area contributed by atoms with Gasteiger partial charge in [0.1, 0.15) is 79.7 Å². The molecule has 0 fully saturated rings. The van der Waals surface area contributed by atoms with Gasteiger partial charge in [0.15, 0.2) is 0 Å². The Balaban J connectivity index is 0.000000408. The molecule has 0 aliphatic rings. The first kappa shape index (κ1) is 123. The molecule has 34 heteroatoms. The summed E-state index contributed by atoms with van der Waals surface area (Å²) in [4.78, 5) is 67.3. The number of nitrogen functional groups attached to an aromatic ring is 2. The first-order valence-corrected chi connectivity index (χ1v) is 48.3. The van der Waals surface area contributed by atoms with E-state index in [1.807, 2.05) is 244 Å². The Kier molecular flexibility index (Phi) is 51.6. The predicted molar refractivity (Wildman–Crippen MR) is 597 cm³/mol. The lowest BCUT2D eigenvalue weighted by molar-refractivity contribution is -0.255. The van der Waals surface area contributed by atoms with Crippen molar-refractivity contribution in [3.63, 3.8) is 0 Å². The maximum absolute atomic E-state index is 11.9. The number of anilines is 5. The minimum absolute atomic E-state index is 0. The lowest BCUT2D eigenvalue weighted by atomic mass is 10.1. The number of methoxy groups -OCH3 is 5. The van der Waals surface area contributed by atoms with Crippen LogP contribution in [0.15, 0.2) is 237 Å². The minimum Gasteiger partial charge on any atom is -1.00 e. The third kappa shape index (κ3) is 46.4. The molecule has 140 heavy (non-hydrogen) atoms. The van der Waals surface area contributed by atoms with Crippen molar-refractivity contribution in [1.82, 2.24) is 0 Å². The van der Waals surface area contributed by atoms with Crippen LogP contribution in [0.4, 0.5) is 58.1 Å². The number of hydrogen-bond acceptors (Lipinski definition) is 23. The van der Waals surface area contributed by atoms with E-state index in [4.69, 9.17) is 80.6 Å². The lowest BCUT2D eigenvalue weighted by Crippen LogP contribution is -3.00. The number of fused-ring (bicyclic) bond motifs is 7. The Labute approximate surface area is 890 Å². The number of alkyl halides is 2. The van der Waals surface area contributed by atoms with Crippen LogP contribution in [0.25, 0.3) is 75.4 Å². The van der Waals surface area contributed by atoms with Gasteiger partial charge in [0.2, 0.25) is 0 Å². The fraction of sp³-hybridized carbons (Fsp3) is 0.283. The third-order valence-corrected chi connectivity index (χ3v) is 22.0. The molecule has 0 bridgehead atoms. The van der Waals surface area contributed by atoms with Gasteiger partial charge in [-0.25, -0.2) is 24.0 Å². The van der Waals surface area contributed by atoms with Gasteiger partial charge in [-0.3, -0.25) is 20.7 Å². The Morgan fingerprint density at radius 1 is 0.364 bits per heavy atom. The molecule has 14 aromatic rings. The zero-order chi connectivity index (χ0) is 103. The van der Waals surface area contributed by atoms with Gasteiger partial charge in [0, 0.05) is 52.9 Å². The Bertz CT molecular complexity index is 6230. The van der Waals surface area contributed by atoms with E-state index in [1.54, 1.807) is 120 Å². The van der Waals surface area contributed by atoms with E-state index in [1.165, 1.54) is 26.7 Å². The molecule has 0 radical (unpaired) electrons. The summed E-state index contributed by atoms with van der Waals surface area (Å²) >= 11 is 14.1. The second kappa shape index (κ2) is 58.8. The molecule has 27 nitrogen and oxygen atoms in total. The summed E-state index contributed by atoms with van der Waals surface area (Å²) in [6.07, 6.45) is -3.49. The quantitative estimate of drug-likeness (QED) is 0.0153. The second-order valence-electron chi connectivity index (χ2n) is 34.8. The highest BCUT2D eigenvalue weighted by Gasteiger charge is 2.26. The van der Waals surface area contributed by atoms with Crippen molar-refractivity contribution < 1.29 is 119 Å². The van der Waals surface area contributed by atoms with Crippen LogP contribution < -0.4 is 69.2 Å². The van der Waals surface area contributed by atoms with Crippen LogP contribution in [0, 0.1) is 10.7 Å². The summed E-state index contributed by atoms with van der Waals surface area (Å²) in [5.74, 6) is 5.37. The molecule has 0 heterocycles. The highest BCUT2D eigenvalue weighted by molar-refractivity contribution is 14.1. The average Bonchev–Trinajstić information content (AvgIpc) is 0.808. The van der Waals surface area contributed by atoms with Crippen LogP contribution in [-0.2, 0) is 38.0 Å². The number of nitrogens with one attached hydrogen (secondary N) is 3. The van der Waals surface area contributed by atoms with Gasteiger partial charge >= 0.3 is 36.6 Å². The number of aromatic hydroxyl groups is 3. The van der Waals surface area contributed by atoms with Crippen molar-refractivity contribution in [2.24, 2.45) is 0 Å². The molecule has 0 unspecified atom stereocenters. The molecule has 3 amide bonds. The van der Waals surface area contributed by atoms with Gasteiger partial charge in [0.25, 0.3) is 0 Å². The zero-order valence-electron chi connectivity index (χ0n) is 82.4. The van der Waals surface area contributed by atoms with Crippen LogP contribution in [0.1, 0.15) is 118 Å². The molecule has 0 aliphatic carbocycles. The van der Waals surface area contributed by atoms with E-state index >= 15 is 0 Å². The molecular weight excluding hydrogens is 2310 g/mol. The number of carbonyl (C=O) groups excluding carboxylic acids is 6. The van der Waals surface area contributed by atoms with Crippen LogP contribution in [0.2, 0.25) is 0 Å². The largest absolute Gasteiger partial charge is 1.00 e. The van der Waals surface area contributed by atoms with Gasteiger partial charge in [0.05, 0.1) is 57.1 Å². The Morgan fingerprint density at radius 2 is 0.664 bits per heavy atom. The number of halogens is 7. The summed E-state index contributed by atoms with van der Waals surface area (Å²) in [5, 5.41) is 50.6. The zero-order valence-corrected chi connectivity index (χ0v) is 93.3. The number of quaternary nitrogens is 1. The van der Waals surface area contributed by atoms with E-state index < -0.39 is 58.6 Å². The average molecular weight is 2430 g/mol. The number of carbonyl (C=O) groups is 6. The Morgan fingerprint density at radius 3 is 1.03 bits per heavy atom. The maximum Gasteiger partial charge on any atom is 0.519 e. The van der Waals surface area contributed by atoms with Crippen molar-refractivity contribution in [2.75, 3.05) is 79.9 Å². The molecule has 754 valence electrons. The van der Waals surface area contributed by atoms with Gasteiger partial charge in [-0.15, -0.1) is 24.0 Å². The summed E-state index contributed by atoms with van der Waals surface area (Å²) in [6.45, 7) is 30.2. The molecule has 14 aromatic carbocycles. The SMILES string of the molecule is CC(C)(C)OC(=O)OC(=O)OC(C)(C)C.CCOC(C)=O.COc1ccc2cc(I)c(NC(=O)OC(C)(C)C)cc2c1.COc1ccc2cc(I)c([NH3+])cc2c1.COc1ccc2ccc(N)cc2c1.COc1ccc2ccc(NC(=O)OC(C)(C)C)c(I)c2c1.COc1ccc2ccc(NC(=O)OC(C)(C)C)cc2c1.Cl.ClCCI.Nc1ccc2ccc(O)cc2c1.Oc1ccc2ccc(O)cc2c1.[Cl-]. The van der Waals surface area contributed by atoms with Gasteiger partial charge < -0.3 is 102 Å². The number of ether oxygens (including phenoxy) is 12. The predicted octanol–water partition coefficient (Wildman–Crippen LogP) is 25.5. The number of benzene rings is 14. The number of nitrogens with two attached hydrogens (primary N) is 2. The van der Waals surface area contributed by atoms with Crippen molar-refractivity contribution >= 4 is 260 Å². The monoisotopic (exact) mass is 2430 g/mol. The van der Waals surface area contributed by atoms with Crippen LogP contribution in [0.5, 0.6) is 46.0 Å². The van der Waals surface area contributed by atoms with E-state index in [2.05, 4.69) is 140 Å². The smallest absolute Gasteiger partial charge is 0.519 e. The summed E-state index contributed by atoms with van der Waals surface area (Å²) in [5.41, 5.74) is 17.0. The Hall–Kier alpha value is -11.3. The van der Waals surface area contributed by atoms with Crippen molar-refractivity contribution in [1.29, 1.82) is 0 Å². The molecule has 14 rings (SSSR count). The van der Waals surface area contributed by atoms with Crippen LogP contribution >= 0.6 is 114 Å². The molecule has 13 N–H and O–H groups in total. The fourth-order valence-electron chi connectivity index (χ4n) is 11.7. The molecule has 0 spiro atoms. The van der Waals surface area contributed by atoms with Crippen molar-refractivity contribution in [3.05, 3.63) is 247 Å². The molecule has 0 aliphatic heterocycles. The topological polar surface area (TPSA) is 390 Å². The summed E-state index contributed by atoms with van der Waals surface area (Å²) < 4.78 is 64.1. The summed E-state index contributed by atoms with van der Waals surface area (Å²) in [7, 11) is 8.24. The normalized spacial score (nSPS) is 10.6. The maximum atomic E-state index is 11.9. The minimum atomic E-state index is -1.06. The molecule has 0 aromatic heterocycles. The second-order valence-corrected chi connectivity index (χ2v) is 39.7. The number of phenolic OH excluding ortho intramolecular Hbond substituents is 3.